The Bertz CT molecular complexity index is 599. The van der Waals surface area contributed by atoms with Crippen LogP contribution < -0.4 is 0 Å². The number of esters is 1. The van der Waals surface area contributed by atoms with Crippen molar-refractivity contribution in [1.82, 2.24) is 0 Å². The fourth-order valence-corrected chi connectivity index (χ4v) is 4.47. The molecule has 6 nitrogen and oxygen atoms in total. The van der Waals surface area contributed by atoms with Crippen molar-refractivity contribution in [3.8, 4) is 0 Å². The van der Waals surface area contributed by atoms with Gasteiger partial charge in [-0.05, 0) is 25.0 Å². The predicted octanol–water partition coefficient (Wildman–Crippen LogP) is 4.65. The molecule has 0 spiro atoms. The Morgan fingerprint density at radius 3 is 2.57 bits per heavy atom. The number of aliphatic carboxylic acids is 1. The maximum atomic E-state index is 12.1. The standard InChI is InChI=1S/C23H38O6S/c1-4-5-7-10-17(24)12-13-18-19(25)15-20(29-23(28)16(2)3)22(18)30-14-9-6-8-11-21(26)27/h12-13,16-19,24-25H,4-11,14-15H2,1-3H3,(H,26,27)/t17-,18-,19+/m0/s1. The van der Waals surface area contributed by atoms with Gasteiger partial charge in [0.1, 0.15) is 5.76 Å². The van der Waals surface area contributed by atoms with E-state index in [4.69, 9.17) is 9.84 Å². The number of carboxylic acids is 1. The highest BCUT2D eigenvalue weighted by molar-refractivity contribution is 8.03. The molecule has 0 bridgehead atoms. The fourth-order valence-electron chi connectivity index (χ4n) is 3.19. The number of carbonyl (C=O) groups excluding carboxylic acids is 1. The highest BCUT2D eigenvalue weighted by atomic mass is 32.2. The molecule has 1 aliphatic rings. The topological polar surface area (TPSA) is 104 Å². The molecule has 0 saturated heterocycles. The van der Waals surface area contributed by atoms with Crippen LogP contribution in [0.2, 0.25) is 0 Å². The third-order valence-corrected chi connectivity index (χ3v) is 6.32. The van der Waals surface area contributed by atoms with Crippen molar-refractivity contribution in [3.05, 3.63) is 22.8 Å². The molecule has 0 aromatic heterocycles. The first-order chi connectivity index (χ1) is 14.3. The molecule has 0 aliphatic heterocycles. The lowest BCUT2D eigenvalue weighted by Gasteiger charge is -2.15. The first-order valence-electron chi connectivity index (χ1n) is 11.1. The molecule has 1 rings (SSSR count). The number of carboxylic acid groups (broad SMARTS) is 1. The lowest BCUT2D eigenvalue weighted by atomic mass is 10.0. The summed E-state index contributed by atoms with van der Waals surface area (Å²) in [6, 6.07) is 0. The van der Waals surface area contributed by atoms with E-state index in [1.54, 1.807) is 31.7 Å². The zero-order chi connectivity index (χ0) is 22.5. The first kappa shape index (κ1) is 26.7. The molecular formula is C23H38O6S. The van der Waals surface area contributed by atoms with Gasteiger partial charge in [0.2, 0.25) is 0 Å². The number of carbonyl (C=O) groups is 2. The van der Waals surface area contributed by atoms with Gasteiger partial charge in [-0.1, -0.05) is 58.6 Å². The summed E-state index contributed by atoms with van der Waals surface area (Å²) in [4.78, 5) is 23.5. The minimum absolute atomic E-state index is 0.171. The van der Waals surface area contributed by atoms with Crippen molar-refractivity contribution in [2.24, 2.45) is 11.8 Å². The molecule has 30 heavy (non-hydrogen) atoms. The molecule has 0 radical (unpaired) electrons. The van der Waals surface area contributed by atoms with E-state index in [9.17, 15) is 19.8 Å². The summed E-state index contributed by atoms with van der Waals surface area (Å²) in [7, 11) is 0. The van der Waals surface area contributed by atoms with E-state index in [1.165, 1.54) is 0 Å². The summed E-state index contributed by atoms with van der Waals surface area (Å²) < 4.78 is 5.57. The first-order valence-corrected chi connectivity index (χ1v) is 12.1. The lowest BCUT2D eigenvalue weighted by Crippen LogP contribution is -2.15. The van der Waals surface area contributed by atoms with Crippen molar-refractivity contribution in [2.45, 2.75) is 90.8 Å². The number of thioether (sulfide) groups is 1. The highest BCUT2D eigenvalue weighted by Crippen LogP contribution is 2.41. The van der Waals surface area contributed by atoms with Crippen molar-refractivity contribution < 1.29 is 29.6 Å². The molecule has 0 aromatic carbocycles. The average Bonchev–Trinajstić information content (AvgIpc) is 2.96. The summed E-state index contributed by atoms with van der Waals surface area (Å²) >= 11 is 1.55. The Morgan fingerprint density at radius 1 is 1.20 bits per heavy atom. The highest BCUT2D eigenvalue weighted by Gasteiger charge is 2.35. The number of aliphatic hydroxyl groups is 2. The summed E-state index contributed by atoms with van der Waals surface area (Å²) in [6.07, 6.45) is 8.92. The van der Waals surface area contributed by atoms with Gasteiger partial charge in [0.15, 0.2) is 0 Å². The maximum absolute atomic E-state index is 12.1. The Morgan fingerprint density at radius 2 is 1.93 bits per heavy atom. The van der Waals surface area contributed by atoms with Crippen LogP contribution in [-0.4, -0.2) is 45.2 Å². The van der Waals surface area contributed by atoms with Crippen LogP contribution in [0.15, 0.2) is 22.8 Å². The number of hydrogen-bond acceptors (Lipinski definition) is 6. The monoisotopic (exact) mass is 442 g/mol. The molecule has 0 amide bonds. The van der Waals surface area contributed by atoms with Crippen LogP contribution in [0.1, 0.15) is 78.6 Å². The summed E-state index contributed by atoms with van der Waals surface area (Å²) in [5.41, 5.74) is 0. The average molecular weight is 443 g/mol. The maximum Gasteiger partial charge on any atom is 0.313 e. The van der Waals surface area contributed by atoms with Crippen molar-refractivity contribution in [2.75, 3.05) is 5.75 Å². The van der Waals surface area contributed by atoms with Gasteiger partial charge in [0, 0.05) is 23.7 Å². The van der Waals surface area contributed by atoms with Crippen LogP contribution in [0.25, 0.3) is 0 Å². The quantitative estimate of drug-likeness (QED) is 0.193. The van der Waals surface area contributed by atoms with Gasteiger partial charge in [-0.2, -0.15) is 0 Å². The molecule has 3 atom stereocenters. The second-order valence-corrected chi connectivity index (χ2v) is 9.30. The van der Waals surface area contributed by atoms with E-state index in [2.05, 4.69) is 6.92 Å². The van der Waals surface area contributed by atoms with Crippen LogP contribution in [-0.2, 0) is 14.3 Å². The number of unbranched alkanes of at least 4 members (excludes halogenated alkanes) is 4. The normalized spacial score (nSPS) is 20.3. The molecule has 172 valence electrons. The van der Waals surface area contributed by atoms with Crippen LogP contribution in [0.3, 0.4) is 0 Å². The molecule has 7 heteroatoms. The predicted molar refractivity (Wildman–Crippen MR) is 120 cm³/mol. The third-order valence-electron chi connectivity index (χ3n) is 5.02. The largest absolute Gasteiger partial charge is 0.481 e. The van der Waals surface area contributed by atoms with Crippen molar-refractivity contribution >= 4 is 23.7 Å². The van der Waals surface area contributed by atoms with Crippen LogP contribution in [0.4, 0.5) is 0 Å². The second-order valence-electron chi connectivity index (χ2n) is 8.16. The van der Waals surface area contributed by atoms with Crippen molar-refractivity contribution in [1.29, 1.82) is 0 Å². The zero-order valence-electron chi connectivity index (χ0n) is 18.5. The van der Waals surface area contributed by atoms with Gasteiger partial charge < -0.3 is 20.1 Å². The van der Waals surface area contributed by atoms with E-state index >= 15 is 0 Å². The Balaban J connectivity index is 2.77. The zero-order valence-corrected chi connectivity index (χ0v) is 19.3. The number of ether oxygens (including phenoxy) is 1. The van der Waals surface area contributed by atoms with E-state index in [-0.39, 0.29) is 30.6 Å². The van der Waals surface area contributed by atoms with Gasteiger partial charge in [0.25, 0.3) is 0 Å². The molecule has 0 aromatic rings. The third kappa shape index (κ3) is 10.1. The number of rotatable bonds is 15. The molecular weight excluding hydrogens is 404 g/mol. The summed E-state index contributed by atoms with van der Waals surface area (Å²) in [6.45, 7) is 5.66. The summed E-state index contributed by atoms with van der Waals surface area (Å²) in [5.74, 6) is -0.382. The Hall–Kier alpha value is -1.31. The van der Waals surface area contributed by atoms with E-state index in [0.717, 1.165) is 42.8 Å². The van der Waals surface area contributed by atoms with Gasteiger partial charge in [-0.25, -0.2) is 0 Å². The van der Waals surface area contributed by atoms with Gasteiger partial charge in [-0.15, -0.1) is 11.8 Å². The minimum Gasteiger partial charge on any atom is -0.481 e. The van der Waals surface area contributed by atoms with Gasteiger partial charge in [0.05, 0.1) is 18.1 Å². The number of hydrogen-bond donors (Lipinski definition) is 3. The smallest absolute Gasteiger partial charge is 0.313 e. The van der Waals surface area contributed by atoms with Crippen molar-refractivity contribution in [3.63, 3.8) is 0 Å². The molecule has 0 heterocycles. The molecule has 1 aliphatic carbocycles. The lowest BCUT2D eigenvalue weighted by molar-refractivity contribution is -0.143. The Kier molecular flexibility index (Phi) is 13.1. The molecule has 0 saturated carbocycles. The van der Waals surface area contributed by atoms with Gasteiger partial charge in [-0.3, -0.25) is 9.59 Å². The fraction of sp³-hybridized carbons (Fsp3) is 0.739. The van der Waals surface area contributed by atoms with E-state index in [1.807, 2.05) is 6.08 Å². The van der Waals surface area contributed by atoms with E-state index < -0.39 is 18.2 Å². The summed E-state index contributed by atoms with van der Waals surface area (Å²) in [5, 5.41) is 29.5. The molecule has 0 fully saturated rings. The SMILES string of the molecule is CCCCC[C@H](O)C=C[C@@H]1C(SCCCCCC(=O)O)=C(OC(=O)C(C)C)C[C@H]1O. The number of aliphatic hydroxyl groups excluding tert-OH is 2. The molecule has 0 unspecified atom stereocenters. The minimum atomic E-state index is -0.783. The van der Waals surface area contributed by atoms with Gasteiger partial charge >= 0.3 is 11.9 Å². The van der Waals surface area contributed by atoms with Crippen LogP contribution in [0.5, 0.6) is 0 Å². The van der Waals surface area contributed by atoms with Crippen LogP contribution in [0, 0.1) is 11.8 Å². The second kappa shape index (κ2) is 14.7. The van der Waals surface area contributed by atoms with Crippen LogP contribution >= 0.6 is 11.8 Å². The Labute approximate surface area is 184 Å². The van der Waals surface area contributed by atoms with E-state index in [0.29, 0.717) is 18.6 Å². The molecule has 3 N–H and O–H groups in total.